The van der Waals surface area contributed by atoms with Gasteiger partial charge in [-0.1, -0.05) is 11.5 Å². The van der Waals surface area contributed by atoms with Gasteiger partial charge in [-0.05, 0) is 31.9 Å². The number of carbonyl (C=O) groups excluding carboxylic acids is 2. The Labute approximate surface area is 152 Å². The fourth-order valence-electron chi connectivity index (χ4n) is 3.63. The molecule has 1 aromatic rings. The van der Waals surface area contributed by atoms with Crippen LogP contribution in [0.1, 0.15) is 39.5 Å². The molecule has 3 rings (SSSR count). The predicted octanol–water partition coefficient (Wildman–Crippen LogP) is 2.76. The summed E-state index contributed by atoms with van der Waals surface area (Å²) in [5.74, 6) is -2.81. The number of halogens is 2. The van der Waals surface area contributed by atoms with Crippen LogP contribution >= 0.6 is 0 Å². The van der Waals surface area contributed by atoms with Crippen molar-refractivity contribution in [2.75, 3.05) is 16.3 Å². The Hall–Kier alpha value is -2.12. The summed E-state index contributed by atoms with van der Waals surface area (Å²) >= 11 is 0. The number of amides is 2. The van der Waals surface area contributed by atoms with Crippen molar-refractivity contribution >= 4 is 36.7 Å². The molecule has 2 radical (unpaired) electrons. The van der Waals surface area contributed by atoms with Gasteiger partial charge in [0, 0.05) is 26.3 Å². The van der Waals surface area contributed by atoms with Crippen molar-refractivity contribution in [2.24, 2.45) is 0 Å². The average Bonchev–Trinajstić information content (AvgIpc) is 2.55. The molecule has 1 aliphatic heterocycles. The summed E-state index contributed by atoms with van der Waals surface area (Å²) in [7, 11) is 5.85. The third-order valence-corrected chi connectivity index (χ3v) is 4.93. The van der Waals surface area contributed by atoms with Crippen LogP contribution < -0.4 is 15.3 Å². The van der Waals surface area contributed by atoms with Gasteiger partial charge in [0.05, 0.1) is 17.4 Å². The second kappa shape index (κ2) is 6.89. The molecule has 5 nitrogen and oxygen atoms in total. The minimum Gasteiger partial charge on any atom is -0.446 e. The van der Waals surface area contributed by atoms with Crippen LogP contribution in [0.3, 0.4) is 0 Å². The molecule has 1 saturated carbocycles. The molecule has 0 spiro atoms. The van der Waals surface area contributed by atoms with E-state index in [4.69, 9.17) is 12.6 Å². The molecule has 8 heteroatoms. The first-order valence-electron chi connectivity index (χ1n) is 8.73. The Bertz CT molecular complexity index is 718. The van der Waals surface area contributed by atoms with Gasteiger partial charge in [-0.25, -0.2) is 13.6 Å². The molecule has 0 unspecified atom stereocenters. The van der Waals surface area contributed by atoms with Crippen molar-refractivity contribution in [2.45, 2.75) is 57.6 Å². The summed E-state index contributed by atoms with van der Waals surface area (Å²) in [5.41, 5.74) is 1.53. The number of fused-ring (bicyclic) bond motifs is 1. The van der Waals surface area contributed by atoms with E-state index in [2.05, 4.69) is 0 Å². The van der Waals surface area contributed by atoms with Crippen LogP contribution in [0, 0.1) is 0 Å². The lowest BCUT2D eigenvalue weighted by Crippen LogP contribution is -2.52. The van der Waals surface area contributed by atoms with Crippen molar-refractivity contribution < 1.29 is 23.1 Å². The van der Waals surface area contributed by atoms with E-state index in [0.29, 0.717) is 16.8 Å². The van der Waals surface area contributed by atoms with Crippen LogP contribution in [0.15, 0.2) is 18.2 Å². The highest BCUT2D eigenvalue weighted by atomic mass is 19.3. The molecule has 1 heterocycles. The second-order valence-electron chi connectivity index (χ2n) is 7.04. The predicted molar refractivity (Wildman–Crippen MR) is 95.5 cm³/mol. The zero-order valence-electron chi connectivity index (χ0n) is 14.9. The molecule has 26 heavy (non-hydrogen) atoms. The second-order valence-corrected chi connectivity index (χ2v) is 7.04. The summed E-state index contributed by atoms with van der Waals surface area (Å²) in [6.45, 7) is 3.55. The molecule has 1 atom stereocenters. The molecule has 1 fully saturated rings. The van der Waals surface area contributed by atoms with Crippen LogP contribution in [0.5, 0.6) is 0 Å². The number of hydrogen-bond donors (Lipinski definition) is 0. The highest BCUT2D eigenvalue weighted by Gasteiger charge is 2.39. The lowest BCUT2D eigenvalue weighted by Gasteiger charge is -2.41. The van der Waals surface area contributed by atoms with Gasteiger partial charge in [-0.3, -0.25) is 9.69 Å². The maximum atomic E-state index is 13.3. The van der Waals surface area contributed by atoms with E-state index < -0.39 is 18.1 Å². The van der Waals surface area contributed by atoms with Crippen LogP contribution in [-0.2, 0) is 9.53 Å². The maximum absolute atomic E-state index is 13.3. The standard InChI is InChI=1S/C18H21BF2N2O3/c1-11-10-22(17(25)26-14-5-7-18(20,21)8-6-14)16-9-13(19)3-4-15(16)23(11)12(2)24/h3-4,9,11,14H,5-8,10H2,1-2H3/t11-/m0/s1. The molecule has 2 aliphatic rings. The first-order chi connectivity index (χ1) is 12.2. The molecule has 0 aromatic heterocycles. The van der Waals surface area contributed by atoms with Gasteiger partial charge in [0.25, 0.3) is 0 Å². The Kier molecular flexibility index (Phi) is 4.95. The number of hydrogen-bond acceptors (Lipinski definition) is 3. The van der Waals surface area contributed by atoms with Crippen molar-refractivity contribution in [3.8, 4) is 0 Å². The van der Waals surface area contributed by atoms with Gasteiger partial charge in [-0.2, -0.15) is 0 Å². The zero-order valence-corrected chi connectivity index (χ0v) is 14.9. The van der Waals surface area contributed by atoms with Crippen LogP contribution in [0.2, 0.25) is 0 Å². The summed E-state index contributed by atoms with van der Waals surface area (Å²) < 4.78 is 32.0. The van der Waals surface area contributed by atoms with E-state index in [-0.39, 0.29) is 44.2 Å². The molecular formula is C18H21BF2N2O3. The smallest absolute Gasteiger partial charge is 0.414 e. The van der Waals surface area contributed by atoms with E-state index in [1.807, 2.05) is 6.92 Å². The molecule has 0 N–H and O–H groups in total. The van der Waals surface area contributed by atoms with Gasteiger partial charge in [0.2, 0.25) is 11.8 Å². The van der Waals surface area contributed by atoms with Gasteiger partial charge >= 0.3 is 6.09 Å². The number of anilines is 2. The maximum Gasteiger partial charge on any atom is 0.414 e. The van der Waals surface area contributed by atoms with Crippen LogP contribution in [0.25, 0.3) is 0 Å². The van der Waals surface area contributed by atoms with E-state index >= 15 is 0 Å². The fourth-order valence-corrected chi connectivity index (χ4v) is 3.63. The first-order valence-corrected chi connectivity index (χ1v) is 8.73. The summed E-state index contributed by atoms with van der Waals surface area (Å²) in [4.78, 5) is 27.7. The third kappa shape index (κ3) is 3.69. The Balaban J connectivity index is 1.81. The summed E-state index contributed by atoms with van der Waals surface area (Å²) in [5, 5.41) is 0. The monoisotopic (exact) mass is 362 g/mol. The van der Waals surface area contributed by atoms with Crippen LogP contribution in [0.4, 0.5) is 25.0 Å². The topological polar surface area (TPSA) is 49.9 Å². The van der Waals surface area contributed by atoms with Crippen molar-refractivity contribution in [3.63, 3.8) is 0 Å². The molecule has 138 valence electrons. The Morgan fingerprint density at radius 2 is 1.88 bits per heavy atom. The molecule has 1 aliphatic carbocycles. The fraction of sp³-hybridized carbons (Fsp3) is 0.556. The largest absolute Gasteiger partial charge is 0.446 e. The number of rotatable bonds is 1. The number of ether oxygens (including phenoxy) is 1. The van der Waals surface area contributed by atoms with Gasteiger partial charge in [0.1, 0.15) is 14.0 Å². The summed E-state index contributed by atoms with van der Waals surface area (Å²) in [6, 6.07) is 4.74. The lowest BCUT2D eigenvalue weighted by molar-refractivity contribution is -0.117. The van der Waals surface area contributed by atoms with E-state index in [1.54, 1.807) is 23.1 Å². The van der Waals surface area contributed by atoms with Gasteiger partial charge in [0.15, 0.2) is 0 Å². The zero-order chi connectivity index (χ0) is 19.1. The number of nitrogens with zero attached hydrogens (tertiary/aromatic N) is 2. The minimum absolute atomic E-state index is 0.133. The number of alkyl halides is 2. The highest BCUT2D eigenvalue weighted by molar-refractivity contribution is 6.33. The first kappa shape index (κ1) is 18.7. The van der Waals surface area contributed by atoms with E-state index in [1.165, 1.54) is 11.8 Å². The average molecular weight is 362 g/mol. The molecule has 2 amide bonds. The van der Waals surface area contributed by atoms with Gasteiger partial charge in [-0.15, -0.1) is 0 Å². The molecule has 0 saturated heterocycles. The molecule has 0 bridgehead atoms. The van der Waals surface area contributed by atoms with E-state index in [0.717, 1.165) is 0 Å². The quantitative estimate of drug-likeness (QED) is 0.722. The van der Waals surface area contributed by atoms with Crippen molar-refractivity contribution in [1.82, 2.24) is 0 Å². The van der Waals surface area contributed by atoms with E-state index in [9.17, 15) is 18.4 Å². The lowest BCUT2D eigenvalue weighted by atomic mass is 9.93. The van der Waals surface area contributed by atoms with Crippen molar-refractivity contribution in [3.05, 3.63) is 18.2 Å². The SMILES string of the molecule is [B]c1ccc2c(c1)N(C(=O)OC1CCC(F)(F)CC1)C[C@H](C)N2C(C)=O. The van der Waals surface area contributed by atoms with Gasteiger partial charge < -0.3 is 9.64 Å². The number of benzene rings is 1. The third-order valence-electron chi connectivity index (χ3n) is 4.93. The highest BCUT2D eigenvalue weighted by Crippen LogP contribution is 2.37. The molecule has 1 aromatic carbocycles. The minimum atomic E-state index is -2.68. The Morgan fingerprint density at radius 1 is 1.23 bits per heavy atom. The summed E-state index contributed by atoms with van der Waals surface area (Å²) in [6.07, 6.45) is -1.38. The normalized spacial score (nSPS) is 22.7. The number of carbonyl (C=O) groups is 2. The van der Waals surface area contributed by atoms with Crippen LogP contribution in [-0.4, -0.2) is 44.5 Å². The molecular weight excluding hydrogens is 341 g/mol. The Morgan fingerprint density at radius 3 is 2.50 bits per heavy atom. The van der Waals surface area contributed by atoms with Crippen molar-refractivity contribution in [1.29, 1.82) is 0 Å².